The van der Waals surface area contributed by atoms with Crippen LogP contribution in [0.15, 0.2) is 40.9 Å². The van der Waals surface area contributed by atoms with Gasteiger partial charge in [-0.1, -0.05) is 27.5 Å². The molecular weight excluding hydrogens is 384 g/mol. The highest BCUT2D eigenvalue weighted by Gasteiger charge is 2.17. The van der Waals surface area contributed by atoms with Gasteiger partial charge in [0.15, 0.2) is 5.78 Å². The summed E-state index contributed by atoms with van der Waals surface area (Å²) >= 11 is 9.33. The highest BCUT2D eigenvalue weighted by molar-refractivity contribution is 9.10. The Bertz CT molecular complexity index is 771. The standard InChI is InChI=1S/C17H14BrClO4/c1-22-12-8-15(21)17(16(9-12)23-2)14(20)6-3-10-7-11(19)4-5-13(10)18/h3-9,21H,1-2H3/b6-3+. The SMILES string of the molecule is COc1cc(O)c(C(=O)/C=C/c2cc(Cl)ccc2Br)c(OC)c1. The Hall–Kier alpha value is -1.98. The molecule has 1 N–H and O–H groups in total. The Labute approximate surface area is 147 Å². The number of aromatic hydroxyl groups is 1. The predicted molar refractivity (Wildman–Crippen MR) is 93.7 cm³/mol. The van der Waals surface area contributed by atoms with Gasteiger partial charge in [-0.25, -0.2) is 0 Å². The maximum atomic E-state index is 12.4. The van der Waals surface area contributed by atoms with Crippen LogP contribution in [0.5, 0.6) is 17.2 Å². The molecule has 0 saturated carbocycles. The molecular formula is C17H14BrClO4. The summed E-state index contributed by atoms with van der Waals surface area (Å²) in [5.41, 5.74) is 0.820. The number of carbonyl (C=O) groups excluding carboxylic acids is 1. The van der Waals surface area contributed by atoms with Gasteiger partial charge in [0.2, 0.25) is 0 Å². The van der Waals surface area contributed by atoms with E-state index in [0.717, 1.165) is 10.0 Å². The first-order valence-corrected chi connectivity index (χ1v) is 7.75. The Balaban J connectivity index is 2.37. The smallest absolute Gasteiger partial charge is 0.193 e. The normalized spacial score (nSPS) is 10.8. The molecule has 23 heavy (non-hydrogen) atoms. The summed E-state index contributed by atoms with van der Waals surface area (Å²) in [6.45, 7) is 0. The number of methoxy groups -OCH3 is 2. The van der Waals surface area contributed by atoms with Crippen molar-refractivity contribution in [2.24, 2.45) is 0 Å². The topological polar surface area (TPSA) is 55.8 Å². The molecule has 0 radical (unpaired) electrons. The Morgan fingerprint density at radius 2 is 1.96 bits per heavy atom. The van der Waals surface area contributed by atoms with Crippen molar-refractivity contribution in [3.8, 4) is 17.2 Å². The zero-order chi connectivity index (χ0) is 17.0. The lowest BCUT2D eigenvalue weighted by Gasteiger charge is -2.10. The molecule has 2 aromatic carbocycles. The molecule has 0 aliphatic rings. The first-order chi connectivity index (χ1) is 11.0. The fraction of sp³-hybridized carbons (Fsp3) is 0.118. The number of ether oxygens (including phenoxy) is 2. The molecule has 6 heteroatoms. The van der Waals surface area contributed by atoms with E-state index < -0.39 is 5.78 Å². The van der Waals surface area contributed by atoms with Crippen LogP contribution in [0.3, 0.4) is 0 Å². The number of halogens is 2. The number of rotatable bonds is 5. The van der Waals surface area contributed by atoms with Crippen molar-refractivity contribution in [3.63, 3.8) is 0 Å². The van der Waals surface area contributed by atoms with Crippen molar-refractivity contribution >= 4 is 39.4 Å². The van der Waals surface area contributed by atoms with Crippen molar-refractivity contribution < 1.29 is 19.4 Å². The predicted octanol–water partition coefficient (Wildman–Crippen LogP) is 4.72. The first kappa shape index (κ1) is 17.4. The Morgan fingerprint density at radius 3 is 2.61 bits per heavy atom. The molecule has 0 aliphatic heterocycles. The molecule has 0 fully saturated rings. The van der Waals surface area contributed by atoms with Gasteiger partial charge in [-0.3, -0.25) is 4.79 Å². The minimum atomic E-state index is -0.395. The first-order valence-electron chi connectivity index (χ1n) is 6.58. The molecule has 0 aromatic heterocycles. The number of phenolic OH excluding ortho intramolecular Hbond substituents is 1. The summed E-state index contributed by atoms with van der Waals surface area (Å²) in [5.74, 6) is 0.0361. The van der Waals surface area contributed by atoms with Crippen LogP contribution < -0.4 is 9.47 Å². The van der Waals surface area contributed by atoms with Gasteiger partial charge in [-0.2, -0.15) is 0 Å². The highest BCUT2D eigenvalue weighted by atomic mass is 79.9. The molecule has 4 nitrogen and oxygen atoms in total. The minimum Gasteiger partial charge on any atom is -0.507 e. The van der Waals surface area contributed by atoms with Gasteiger partial charge in [0.1, 0.15) is 22.8 Å². The average molecular weight is 398 g/mol. The summed E-state index contributed by atoms with van der Waals surface area (Å²) in [6.07, 6.45) is 2.96. The maximum Gasteiger partial charge on any atom is 0.193 e. The minimum absolute atomic E-state index is 0.0719. The van der Waals surface area contributed by atoms with E-state index in [1.54, 1.807) is 24.3 Å². The quantitative estimate of drug-likeness (QED) is 0.586. The lowest BCUT2D eigenvalue weighted by atomic mass is 10.1. The Morgan fingerprint density at radius 1 is 1.22 bits per heavy atom. The molecule has 0 atom stereocenters. The molecule has 0 amide bonds. The van der Waals surface area contributed by atoms with Gasteiger partial charge in [0.25, 0.3) is 0 Å². The van der Waals surface area contributed by atoms with Crippen LogP contribution in [0, 0.1) is 0 Å². The molecule has 120 valence electrons. The van der Waals surface area contributed by atoms with Crippen molar-refractivity contribution in [2.45, 2.75) is 0 Å². The second-order valence-electron chi connectivity index (χ2n) is 4.59. The monoisotopic (exact) mass is 396 g/mol. The van der Waals surface area contributed by atoms with Gasteiger partial charge in [-0.15, -0.1) is 0 Å². The van der Waals surface area contributed by atoms with E-state index in [2.05, 4.69) is 15.9 Å². The van der Waals surface area contributed by atoms with E-state index in [-0.39, 0.29) is 17.1 Å². The van der Waals surface area contributed by atoms with E-state index in [0.29, 0.717) is 10.8 Å². The van der Waals surface area contributed by atoms with Gasteiger partial charge in [0, 0.05) is 21.6 Å². The summed E-state index contributed by atoms with van der Waals surface area (Å²) in [6, 6.07) is 8.15. The molecule has 0 bridgehead atoms. The van der Waals surface area contributed by atoms with Gasteiger partial charge >= 0.3 is 0 Å². The molecule has 2 rings (SSSR count). The van der Waals surface area contributed by atoms with Crippen molar-refractivity contribution in [3.05, 3.63) is 57.0 Å². The highest BCUT2D eigenvalue weighted by Crippen LogP contribution is 2.34. The van der Waals surface area contributed by atoms with Gasteiger partial charge < -0.3 is 14.6 Å². The number of hydrogen-bond donors (Lipinski definition) is 1. The van der Waals surface area contributed by atoms with Crippen LogP contribution in [-0.4, -0.2) is 25.1 Å². The summed E-state index contributed by atoms with van der Waals surface area (Å²) < 4.78 is 11.0. The number of ketones is 1. The van der Waals surface area contributed by atoms with Gasteiger partial charge in [-0.05, 0) is 35.9 Å². The fourth-order valence-electron chi connectivity index (χ4n) is 1.99. The Kier molecular flexibility index (Phi) is 5.69. The van der Waals surface area contributed by atoms with Crippen molar-refractivity contribution in [2.75, 3.05) is 14.2 Å². The van der Waals surface area contributed by atoms with E-state index in [1.165, 1.54) is 32.4 Å². The van der Waals surface area contributed by atoms with E-state index in [1.807, 2.05) is 0 Å². The number of phenols is 1. The molecule has 0 heterocycles. The van der Waals surface area contributed by atoms with Gasteiger partial charge in [0.05, 0.1) is 14.2 Å². The molecule has 2 aromatic rings. The molecule has 0 aliphatic carbocycles. The zero-order valence-electron chi connectivity index (χ0n) is 12.5. The summed E-state index contributed by atoms with van der Waals surface area (Å²) in [5, 5.41) is 10.6. The van der Waals surface area contributed by atoms with Crippen LogP contribution in [0.1, 0.15) is 15.9 Å². The fourth-order valence-corrected chi connectivity index (χ4v) is 2.55. The lowest BCUT2D eigenvalue weighted by Crippen LogP contribution is -2.00. The van der Waals surface area contributed by atoms with E-state index >= 15 is 0 Å². The van der Waals surface area contributed by atoms with Crippen LogP contribution in [0.2, 0.25) is 5.02 Å². The third-order valence-corrected chi connectivity index (χ3v) is 4.09. The summed E-state index contributed by atoms with van der Waals surface area (Å²) in [7, 11) is 2.88. The van der Waals surface area contributed by atoms with Crippen molar-refractivity contribution in [1.82, 2.24) is 0 Å². The van der Waals surface area contributed by atoms with Crippen LogP contribution in [0.4, 0.5) is 0 Å². The van der Waals surface area contributed by atoms with E-state index in [9.17, 15) is 9.90 Å². The largest absolute Gasteiger partial charge is 0.507 e. The number of carbonyl (C=O) groups is 1. The zero-order valence-corrected chi connectivity index (χ0v) is 14.8. The number of hydrogen-bond acceptors (Lipinski definition) is 4. The second kappa shape index (κ2) is 7.53. The lowest BCUT2D eigenvalue weighted by molar-refractivity contribution is 0.104. The van der Waals surface area contributed by atoms with Crippen LogP contribution in [-0.2, 0) is 0 Å². The third kappa shape index (κ3) is 4.06. The number of allylic oxidation sites excluding steroid dienone is 1. The third-order valence-electron chi connectivity index (χ3n) is 3.13. The number of benzene rings is 2. The molecule has 0 saturated heterocycles. The molecule has 0 spiro atoms. The average Bonchev–Trinajstić information content (AvgIpc) is 2.54. The van der Waals surface area contributed by atoms with Crippen molar-refractivity contribution in [1.29, 1.82) is 0 Å². The molecule has 0 unspecified atom stereocenters. The maximum absolute atomic E-state index is 12.4. The second-order valence-corrected chi connectivity index (χ2v) is 5.88. The van der Waals surface area contributed by atoms with Crippen LogP contribution in [0.25, 0.3) is 6.08 Å². The van der Waals surface area contributed by atoms with Crippen LogP contribution >= 0.6 is 27.5 Å². The summed E-state index contributed by atoms with van der Waals surface area (Å²) in [4.78, 5) is 12.4. The van der Waals surface area contributed by atoms with E-state index in [4.69, 9.17) is 21.1 Å².